The number of nitrogens with zero attached hydrogens (tertiary/aromatic N) is 3. The van der Waals surface area contributed by atoms with Gasteiger partial charge in [0.15, 0.2) is 0 Å². The van der Waals surface area contributed by atoms with Crippen LogP contribution >= 0.6 is 11.8 Å². The molecular formula is C14H23N3OS. The van der Waals surface area contributed by atoms with E-state index in [-0.39, 0.29) is 0 Å². The molecule has 0 radical (unpaired) electrons. The summed E-state index contributed by atoms with van der Waals surface area (Å²) >= 11 is 1.74. The molecule has 1 aliphatic rings. The van der Waals surface area contributed by atoms with Gasteiger partial charge in [0, 0.05) is 43.7 Å². The molecular weight excluding hydrogens is 258 g/mol. The number of aryl methyl sites for hydroxylation is 1. The van der Waals surface area contributed by atoms with Crippen LogP contribution in [0.4, 0.5) is 0 Å². The number of piperidine rings is 1. The first kappa shape index (κ1) is 14.4. The highest BCUT2D eigenvalue weighted by Crippen LogP contribution is 2.21. The normalized spacial score (nSPS) is 19.6. The fourth-order valence-corrected chi connectivity index (χ4v) is 3.05. The first-order valence-corrected chi connectivity index (χ1v) is 8.46. The summed E-state index contributed by atoms with van der Waals surface area (Å²) in [7, 11) is 0. The molecule has 1 atom stereocenters. The quantitative estimate of drug-likeness (QED) is 0.803. The van der Waals surface area contributed by atoms with Gasteiger partial charge in [-0.15, -0.1) is 0 Å². The van der Waals surface area contributed by atoms with Crippen LogP contribution in [-0.4, -0.2) is 45.2 Å². The number of thioether (sulfide) groups is 1. The van der Waals surface area contributed by atoms with Crippen molar-refractivity contribution in [3.8, 4) is 0 Å². The van der Waals surface area contributed by atoms with E-state index in [1.807, 2.05) is 23.1 Å². The van der Waals surface area contributed by atoms with E-state index >= 15 is 0 Å². The van der Waals surface area contributed by atoms with Crippen LogP contribution in [0.3, 0.4) is 0 Å². The minimum atomic E-state index is 0.333. The fraction of sp³-hybridized carbons (Fsp3) is 0.714. The van der Waals surface area contributed by atoms with Crippen molar-refractivity contribution in [2.75, 3.05) is 18.6 Å². The molecule has 2 heterocycles. The predicted octanol–water partition coefficient (Wildman–Crippen LogP) is 2.41. The first-order chi connectivity index (χ1) is 9.31. The first-order valence-electron chi connectivity index (χ1n) is 7.07. The number of rotatable bonds is 6. The monoisotopic (exact) mass is 281 g/mol. The predicted molar refractivity (Wildman–Crippen MR) is 79.2 cm³/mol. The third-order valence-corrected chi connectivity index (χ3v) is 4.33. The SMILES string of the molecule is CSCCC(=O)N1CCCC[C@H]1CCn1cccn1. The number of amides is 1. The molecule has 19 heavy (non-hydrogen) atoms. The Balaban J connectivity index is 1.86. The van der Waals surface area contributed by atoms with E-state index in [1.165, 1.54) is 6.42 Å². The summed E-state index contributed by atoms with van der Waals surface area (Å²) in [6, 6.07) is 2.36. The van der Waals surface area contributed by atoms with Gasteiger partial charge in [-0.05, 0) is 38.0 Å². The summed E-state index contributed by atoms with van der Waals surface area (Å²) in [4.78, 5) is 14.3. The Morgan fingerprint density at radius 1 is 1.47 bits per heavy atom. The average molecular weight is 281 g/mol. The molecule has 0 N–H and O–H groups in total. The van der Waals surface area contributed by atoms with Crippen LogP contribution in [-0.2, 0) is 11.3 Å². The van der Waals surface area contributed by atoms with Crippen molar-refractivity contribution in [1.82, 2.24) is 14.7 Å². The van der Waals surface area contributed by atoms with Crippen LogP contribution < -0.4 is 0 Å². The molecule has 1 aromatic rings. The Labute approximate surface area is 119 Å². The zero-order chi connectivity index (χ0) is 13.5. The highest BCUT2D eigenvalue weighted by Gasteiger charge is 2.25. The van der Waals surface area contributed by atoms with Gasteiger partial charge in [0.25, 0.3) is 0 Å². The molecule has 2 rings (SSSR count). The molecule has 0 spiro atoms. The van der Waals surface area contributed by atoms with Gasteiger partial charge in [0.05, 0.1) is 0 Å². The maximum Gasteiger partial charge on any atom is 0.223 e. The molecule has 0 aromatic carbocycles. The number of carbonyl (C=O) groups is 1. The molecule has 4 nitrogen and oxygen atoms in total. The lowest BCUT2D eigenvalue weighted by molar-refractivity contribution is -0.134. The Morgan fingerprint density at radius 3 is 3.11 bits per heavy atom. The van der Waals surface area contributed by atoms with E-state index in [4.69, 9.17) is 0 Å². The molecule has 1 aliphatic heterocycles. The molecule has 5 heteroatoms. The molecule has 1 fully saturated rings. The second-order valence-corrected chi connectivity index (χ2v) is 6.02. The van der Waals surface area contributed by atoms with E-state index in [9.17, 15) is 4.79 Å². The minimum absolute atomic E-state index is 0.333. The molecule has 0 bridgehead atoms. The van der Waals surface area contributed by atoms with E-state index in [0.29, 0.717) is 18.4 Å². The average Bonchev–Trinajstić information content (AvgIpc) is 2.96. The Kier molecular flexibility index (Phi) is 5.76. The number of likely N-dealkylation sites (tertiary alicyclic amines) is 1. The van der Waals surface area contributed by atoms with Gasteiger partial charge in [-0.2, -0.15) is 16.9 Å². The van der Waals surface area contributed by atoms with Crippen molar-refractivity contribution in [2.24, 2.45) is 0 Å². The summed E-state index contributed by atoms with van der Waals surface area (Å²) in [6.07, 6.45) is 11.1. The van der Waals surface area contributed by atoms with E-state index in [1.54, 1.807) is 11.8 Å². The van der Waals surface area contributed by atoms with E-state index < -0.39 is 0 Å². The molecule has 1 saturated heterocycles. The zero-order valence-electron chi connectivity index (χ0n) is 11.6. The van der Waals surface area contributed by atoms with Crippen LogP contribution in [0.1, 0.15) is 32.1 Å². The van der Waals surface area contributed by atoms with Crippen LogP contribution in [0.25, 0.3) is 0 Å². The highest BCUT2D eigenvalue weighted by atomic mass is 32.2. The second-order valence-electron chi connectivity index (χ2n) is 5.04. The molecule has 1 aromatic heterocycles. The zero-order valence-corrected chi connectivity index (χ0v) is 12.4. The van der Waals surface area contributed by atoms with Gasteiger partial charge in [-0.25, -0.2) is 0 Å². The number of hydrogen-bond donors (Lipinski definition) is 0. The summed E-state index contributed by atoms with van der Waals surface area (Å²) < 4.78 is 1.96. The number of aromatic nitrogens is 2. The van der Waals surface area contributed by atoms with Crippen molar-refractivity contribution in [2.45, 2.75) is 44.7 Å². The highest BCUT2D eigenvalue weighted by molar-refractivity contribution is 7.98. The van der Waals surface area contributed by atoms with Gasteiger partial charge in [0.1, 0.15) is 0 Å². The second kappa shape index (κ2) is 7.58. The van der Waals surface area contributed by atoms with Crippen LogP contribution in [0.2, 0.25) is 0 Å². The third kappa shape index (κ3) is 4.27. The molecule has 0 saturated carbocycles. The maximum atomic E-state index is 12.2. The fourth-order valence-electron chi connectivity index (χ4n) is 2.68. The molecule has 0 unspecified atom stereocenters. The molecule has 1 amide bonds. The lowest BCUT2D eigenvalue weighted by Gasteiger charge is -2.36. The number of hydrogen-bond acceptors (Lipinski definition) is 3. The van der Waals surface area contributed by atoms with Crippen molar-refractivity contribution in [1.29, 1.82) is 0 Å². The lowest BCUT2D eigenvalue weighted by Crippen LogP contribution is -2.44. The van der Waals surface area contributed by atoms with Gasteiger partial charge in [0.2, 0.25) is 5.91 Å². The molecule has 0 aliphatic carbocycles. The topological polar surface area (TPSA) is 38.1 Å². The van der Waals surface area contributed by atoms with Crippen LogP contribution in [0.15, 0.2) is 18.5 Å². The largest absolute Gasteiger partial charge is 0.340 e. The number of carbonyl (C=O) groups excluding carboxylic acids is 1. The third-order valence-electron chi connectivity index (χ3n) is 3.72. The van der Waals surface area contributed by atoms with Crippen LogP contribution in [0, 0.1) is 0 Å². The van der Waals surface area contributed by atoms with Gasteiger partial charge >= 0.3 is 0 Å². The Hall–Kier alpha value is -0.970. The Morgan fingerprint density at radius 2 is 2.37 bits per heavy atom. The van der Waals surface area contributed by atoms with Crippen molar-refractivity contribution >= 4 is 17.7 Å². The van der Waals surface area contributed by atoms with Gasteiger partial charge < -0.3 is 4.90 Å². The molecule has 106 valence electrons. The summed E-state index contributed by atoms with van der Waals surface area (Å²) in [5.74, 6) is 1.26. The van der Waals surface area contributed by atoms with Gasteiger partial charge in [-0.1, -0.05) is 0 Å². The minimum Gasteiger partial charge on any atom is -0.340 e. The smallest absolute Gasteiger partial charge is 0.223 e. The van der Waals surface area contributed by atoms with Gasteiger partial charge in [-0.3, -0.25) is 9.48 Å². The van der Waals surface area contributed by atoms with E-state index in [0.717, 1.165) is 38.1 Å². The van der Waals surface area contributed by atoms with Crippen molar-refractivity contribution in [3.05, 3.63) is 18.5 Å². The standard InChI is InChI=1S/C14H23N3OS/c1-19-12-7-14(18)17-10-3-2-5-13(17)6-11-16-9-4-8-15-16/h4,8-9,13H,2-3,5-7,10-12H2,1H3/t13-/m0/s1. The maximum absolute atomic E-state index is 12.2. The summed E-state index contributed by atoms with van der Waals surface area (Å²) in [5, 5.41) is 4.23. The summed E-state index contributed by atoms with van der Waals surface area (Å²) in [6.45, 7) is 1.85. The Bertz CT molecular complexity index is 380. The lowest BCUT2D eigenvalue weighted by atomic mass is 9.99. The van der Waals surface area contributed by atoms with Crippen molar-refractivity contribution < 1.29 is 4.79 Å². The van der Waals surface area contributed by atoms with Crippen LogP contribution in [0.5, 0.6) is 0 Å². The van der Waals surface area contributed by atoms with Crippen molar-refractivity contribution in [3.63, 3.8) is 0 Å². The summed E-state index contributed by atoms with van der Waals surface area (Å²) in [5.41, 5.74) is 0. The van der Waals surface area contributed by atoms with E-state index in [2.05, 4.69) is 16.3 Å².